The maximum atomic E-state index is 11.7. The Bertz CT molecular complexity index is 625. The molecule has 0 aliphatic heterocycles. The third-order valence-corrected chi connectivity index (χ3v) is 8.44. The number of hydrogen-bond donors (Lipinski definition) is 6. The van der Waals surface area contributed by atoms with Gasteiger partial charge in [0.05, 0.1) is 12.5 Å². The van der Waals surface area contributed by atoms with E-state index in [1.165, 1.54) is 141 Å². The lowest BCUT2D eigenvalue weighted by molar-refractivity contribution is -0.368. The summed E-state index contributed by atoms with van der Waals surface area (Å²) in [6, 6.07) is 0. The molecule has 4 atom stereocenters. The molecule has 0 bridgehead atoms. The second kappa shape index (κ2) is 35.6. The van der Waals surface area contributed by atoms with Gasteiger partial charge in [-0.3, -0.25) is 4.79 Å². The fraction of sp³-hybridized carbons (Fsp3) is 0.944. The molecule has 0 radical (unpaired) electrons. The van der Waals surface area contributed by atoms with Crippen LogP contribution in [0.15, 0.2) is 0 Å². The van der Waals surface area contributed by atoms with E-state index >= 15 is 0 Å². The first kappa shape index (κ1) is 45.9. The molecule has 0 aromatic rings. The summed E-state index contributed by atoms with van der Waals surface area (Å²) in [6.45, 7) is 5.94. The first-order valence-electron chi connectivity index (χ1n) is 18.7. The maximum Gasteiger partial charge on any atom is 0.251 e. The van der Waals surface area contributed by atoms with Crippen LogP contribution in [0.25, 0.3) is 0 Å². The predicted molar refractivity (Wildman–Crippen MR) is 181 cm³/mol. The summed E-state index contributed by atoms with van der Waals surface area (Å²) >= 11 is 0. The van der Waals surface area contributed by atoms with Crippen molar-refractivity contribution in [3.8, 4) is 0 Å². The minimum Gasteiger partial charge on any atom is -0.547 e. The molecule has 45 heavy (non-hydrogen) atoms. The van der Waals surface area contributed by atoms with E-state index in [0.29, 0.717) is 6.54 Å². The molecule has 0 saturated heterocycles. The van der Waals surface area contributed by atoms with E-state index in [1.807, 2.05) is 0 Å². The molecule has 0 spiro atoms. The Morgan fingerprint density at radius 3 is 1.11 bits per heavy atom. The zero-order valence-electron chi connectivity index (χ0n) is 29.3. The monoisotopic (exact) mass is 647 g/mol. The fourth-order valence-electron chi connectivity index (χ4n) is 5.32. The molecule has 0 aromatic heterocycles. The van der Waals surface area contributed by atoms with E-state index in [1.54, 1.807) is 0 Å². The van der Waals surface area contributed by atoms with Gasteiger partial charge in [0.1, 0.15) is 18.3 Å². The summed E-state index contributed by atoms with van der Waals surface area (Å²) in [5.41, 5.74) is 3.87. The van der Waals surface area contributed by atoms with Crippen LogP contribution in [0.5, 0.6) is 0 Å². The first-order valence-corrected chi connectivity index (χ1v) is 18.7. The van der Waals surface area contributed by atoms with E-state index in [0.717, 1.165) is 32.2 Å². The van der Waals surface area contributed by atoms with Gasteiger partial charge in [0.2, 0.25) is 0 Å². The fourth-order valence-corrected chi connectivity index (χ4v) is 5.32. The van der Waals surface area contributed by atoms with Crippen molar-refractivity contribution in [3.05, 3.63) is 0 Å². The second-order valence-corrected chi connectivity index (χ2v) is 12.8. The number of carbonyl (C=O) groups is 2. The van der Waals surface area contributed by atoms with Gasteiger partial charge in [0.15, 0.2) is 6.10 Å². The minimum atomic E-state index is -2.39. The van der Waals surface area contributed by atoms with Crippen molar-refractivity contribution in [1.82, 2.24) is 5.32 Å². The Kier molecular flexibility index (Phi) is 36.3. The van der Waals surface area contributed by atoms with Gasteiger partial charge in [-0.2, -0.15) is 0 Å². The molecule has 0 aliphatic carbocycles. The van der Waals surface area contributed by atoms with E-state index in [2.05, 4.69) is 24.9 Å². The number of carboxylic acid groups (broad SMARTS) is 1. The molecule has 0 aliphatic rings. The molecule has 0 rings (SSSR count). The van der Waals surface area contributed by atoms with Crippen LogP contribution in [0.1, 0.15) is 181 Å². The Hall–Kier alpha value is -1.26. The molecule has 1 amide bonds. The minimum absolute atomic E-state index is 0.305. The molecule has 0 heterocycles. The lowest BCUT2D eigenvalue weighted by Crippen LogP contribution is -2.55. The van der Waals surface area contributed by atoms with Crippen LogP contribution < -0.4 is 16.2 Å². The standard InChI is InChI=1S/C21H41NO7.C15H33N/c1-2-3-4-5-6-7-8-9-10-11-12-13-14-15-22-20(27)18(25)16(23)17(24)19(26)21(28)29;1-2-3-4-5-6-7-8-9-10-11-12-13-14-15-16/h16-19,23-26H,2-15H2,1H3,(H,22,27)(H,28,29);2-16H2,1H3/t16-,17-,18+,19-;/m1./s1. The highest BCUT2D eigenvalue weighted by Crippen LogP contribution is 2.13. The number of nitrogens with one attached hydrogen (secondary N) is 1. The quantitative estimate of drug-likeness (QED) is 0.0573. The van der Waals surface area contributed by atoms with Crippen molar-refractivity contribution in [2.75, 3.05) is 13.1 Å². The summed E-state index contributed by atoms with van der Waals surface area (Å²) in [5, 5.41) is 50.6. The van der Waals surface area contributed by atoms with Gasteiger partial charge in [0.25, 0.3) is 5.91 Å². The SMILES string of the molecule is CCCCCCCCCCCCCCCNC(=O)[C@@H](O)[C@H](O)[C@@H](O)[C@@H](O)C(=O)[O-].CCCCCCCCCCCCCCC[NH3+]. The third-order valence-electron chi connectivity index (χ3n) is 8.44. The van der Waals surface area contributed by atoms with Crippen molar-refractivity contribution < 1.29 is 40.9 Å². The molecule has 0 unspecified atom stereocenters. The summed E-state index contributed by atoms with van der Waals surface area (Å²) in [5.74, 6) is -2.93. The van der Waals surface area contributed by atoms with E-state index < -0.39 is 36.3 Å². The van der Waals surface area contributed by atoms with Crippen LogP contribution in [0.3, 0.4) is 0 Å². The van der Waals surface area contributed by atoms with Crippen LogP contribution in [0, 0.1) is 0 Å². The lowest BCUT2D eigenvalue weighted by Gasteiger charge is -2.26. The van der Waals surface area contributed by atoms with Gasteiger partial charge in [-0.25, -0.2) is 0 Å². The zero-order valence-corrected chi connectivity index (χ0v) is 29.3. The van der Waals surface area contributed by atoms with Gasteiger partial charge < -0.3 is 41.4 Å². The largest absolute Gasteiger partial charge is 0.547 e. The van der Waals surface area contributed by atoms with E-state index in [9.17, 15) is 30.0 Å². The van der Waals surface area contributed by atoms with Gasteiger partial charge >= 0.3 is 0 Å². The highest BCUT2D eigenvalue weighted by Gasteiger charge is 2.34. The Labute approximate surface area is 276 Å². The Morgan fingerprint density at radius 2 is 0.800 bits per heavy atom. The first-order chi connectivity index (χ1) is 21.7. The van der Waals surface area contributed by atoms with Crippen LogP contribution in [-0.4, -0.2) is 69.8 Å². The molecular formula is C36H74N2O7. The number of carboxylic acids is 1. The summed E-state index contributed by atoms with van der Waals surface area (Å²) in [7, 11) is 0. The zero-order chi connectivity index (χ0) is 34.0. The molecule has 0 saturated carbocycles. The molecule has 9 nitrogen and oxygen atoms in total. The number of hydrogen-bond acceptors (Lipinski definition) is 7. The molecular weight excluding hydrogens is 572 g/mol. The van der Waals surface area contributed by atoms with Crippen molar-refractivity contribution in [2.24, 2.45) is 0 Å². The van der Waals surface area contributed by atoms with Gasteiger partial charge in [-0.05, 0) is 19.3 Å². The molecule has 9 heteroatoms. The summed E-state index contributed by atoms with van der Waals surface area (Å²) in [6.07, 6.45) is 25.5. The lowest BCUT2D eigenvalue weighted by atomic mass is 10.0. The maximum absolute atomic E-state index is 11.7. The number of unbranched alkanes of at least 4 members (excludes halogenated alkanes) is 24. The highest BCUT2D eigenvalue weighted by atomic mass is 16.4. The number of carbonyl (C=O) groups excluding carboxylic acids is 2. The van der Waals surface area contributed by atoms with Gasteiger partial charge in [-0.1, -0.05) is 162 Å². The number of amides is 1. The van der Waals surface area contributed by atoms with E-state index in [-0.39, 0.29) is 0 Å². The number of aliphatic hydroxyl groups excluding tert-OH is 4. The number of quaternary nitrogens is 1. The van der Waals surface area contributed by atoms with E-state index in [4.69, 9.17) is 5.11 Å². The molecule has 270 valence electrons. The molecule has 8 N–H and O–H groups in total. The van der Waals surface area contributed by atoms with Crippen LogP contribution >= 0.6 is 0 Å². The van der Waals surface area contributed by atoms with Gasteiger partial charge in [0, 0.05) is 6.54 Å². The predicted octanol–water partition coefficient (Wildman–Crippen LogP) is 4.71. The van der Waals surface area contributed by atoms with Gasteiger partial charge in [-0.15, -0.1) is 0 Å². The smallest absolute Gasteiger partial charge is 0.251 e. The average Bonchev–Trinajstić information content (AvgIpc) is 3.04. The average molecular weight is 647 g/mol. The van der Waals surface area contributed by atoms with Crippen LogP contribution in [0.4, 0.5) is 0 Å². The number of aliphatic carboxylic acids is 1. The Morgan fingerprint density at radius 1 is 0.511 bits per heavy atom. The Balaban J connectivity index is 0. The summed E-state index contributed by atoms with van der Waals surface area (Å²) in [4.78, 5) is 22.2. The highest BCUT2D eigenvalue weighted by molar-refractivity contribution is 5.81. The third kappa shape index (κ3) is 31.1. The molecule has 0 aromatic carbocycles. The second-order valence-electron chi connectivity index (χ2n) is 12.8. The molecule has 0 fully saturated rings. The van der Waals surface area contributed by atoms with Crippen molar-refractivity contribution in [3.63, 3.8) is 0 Å². The topological polar surface area (TPSA) is 178 Å². The van der Waals surface area contributed by atoms with Crippen molar-refractivity contribution in [2.45, 2.75) is 205 Å². The van der Waals surface area contributed by atoms with Crippen LogP contribution in [0.2, 0.25) is 0 Å². The van der Waals surface area contributed by atoms with Crippen LogP contribution in [-0.2, 0) is 9.59 Å². The van der Waals surface area contributed by atoms with Crippen molar-refractivity contribution in [1.29, 1.82) is 0 Å². The number of aliphatic hydroxyl groups is 4. The van der Waals surface area contributed by atoms with Crippen molar-refractivity contribution >= 4 is 11.9 Å². The normalized spacial score (nSPS) is 13.8. The summed E-state index contributed by atoms with van der Waals surface area (Å²) < 4.78 is 0. The number of rotatable bonds is 32.